The van der Waals surface area contributed by atoms with E-state index >= 15 is 0 Å². The normalized spacial score (nSPS) is 10.7. The van der Waals surface area contributed by atoms with Crippen LogP contribution in [0.4, 0.5) is 0 Å². The van der Waals surface area contributed by atoms with Gasteiger partial charge in [-0.05, 0) is 30.5 Å². The van der Waals surface area contributed by atoms with Gasteiger partial charge in [-0.3, -0.25) is 0 Å². The molecule has 1 N–H and O–H groups in total. The van der Waals surface area contributed by atoms with Crippen molar-refractivity contribution in [3.05, 3.63) is 71.0 Å². The van der Waals surface area contributed by atoms with Crippen molar-refractivity contribution in [1.29, 1.82) is 0 Å². The summed E-state index contributed by atoms with van der Waals surface area (Å²) in [5.41, 5.74) is 2.98. The first kappa shape index (κ1) is 15.0. The smallest absolute Gasteiger partial charge is 0.360 e. The number of aromatic hydroxyl groups is 1. The Morgan fingerprint density at radius 1 is 1.09 bits per heavy atom. The van der Waals surface area contributed by atoms with Crippen LogP contribution in [0.15, 0.2) is 48.5 Å². The zero-order valence-corrected chi connectivity index (χ0v) is 13.0. The van der Waals surface area contributed by atoms with Crippen molar-refractivity contribution in [2.75, 3.05) is 7.11 Å². The molecule has 0 unspecified atom stereocenters. The highest BCUT2D eigenvalue weighted by Crippen LogP contribution is 2.31. The van der Waals surface area contributed by atoms with Gasteiger partial charge in [0.25, 0.3) is 0 Å². The highest BCUT2D eigenvalue weighted by atomic mass is 16.5. The topological polar surface area (TPSA) is 59.4 Å². The number of methoxy groups -OCH3 is 1. The number of rotatable bonds is 3. The standard InChI is InChI=1S/C19H17NO3/c1-12-16-11-14(10-13-6-4-3-5-7-13)8-9-15(16)18(21)17(20-12)19(22)23-2/h3-9,11,21H,10H2,1-2H3. The van der Waals surface area contributed by atoms with E-state index in [1.165, 1.54) is 12.7 Å². The van der Waals surface area contributed by atoms with Crippen LogP contribution in [-0.2, 0) is 11.2 Å². The third kappa shape index (κ3) is 2.88. The van der Waals surface area contributed by atoms with Gasteiger partial charge in [-0.25, -0.2) is 9.78 Å². The number of benzene rings is 2. The molecule has 0 atom stereocenters. The number of aryl methyl sites for hydroxylation is 1. The van der Waals surface area contributed by atoms with Crippen LogP contribution < -0.4 is 0 Å². The fraction of sp³-hybridized carbons (Fsp3) is 0.158. The second-order valence-corrected chi connectivity index (χ2v) is 5.43. The molecule has 0 saturated carbocycles. The Balaban J connectivity index is 2.07. The summed E-state index contributed by atoms with van der Waals surface area (Å²) in [6.07, 6.45) is 0.801. The summed E-state index contributed by atoms with van der Waals surface area (Å²) >= 11 is 0. The van der Waals surface area contributed by atoms with Gasteiger partial charge in [0.2, 0.25) is 0 Å². The van der Waals surface area contributed by atoms with E-state index in [1.807, 2.05) is 43.3 Å². The summed E-state index contributed by atoms with van der Waals surface area (Å²) in [4.78, 5) is 15.9. The minimum Gasteiger partial charge on any atom is -0.505 e. The van der Waals surface area contributed by atoms with Crippen molar-refractivity contribution >= 4 is 16.7 Å². The van der Waals surface area contributed by atoms with E-state index in [9.17, 15) is 9.90 Å². The predicted octanol–water partition coefficient (Wildman–Crippen LogP) is 3.63. The Bertz CT molecular complexity index is 873. The average molecular weight is 307 g/mol. The van der Waals surface area contributed by atoms with Gasteiger partial charge in [-0.15, -0.1) is 0 Å². The molecule has 0 amide bonds. The van der Waals surface area contributed by atoms with E-state index in [2.05, 4.69) is 21.9 Å². The first-order chi connectivity index (χ1) is 11.1. The summed E-state index contributed by atoms with van der Waals surface area (Å²) in [7, 11) is 1.27. The second kappa shape index (κ2) is 6.08. The highest BCUT2D eigenvalue weighted by molar-refractivity contribution is 6.00. The Kier molecular flexibility index (Phi) is 3.98. The van der Waals surface area contributed by atoms with Crippen molar-refractivity contribution in [2.45, 2.75) is 13.3 Å². The van der Waals surface area contributed by atoms with Gasteiger partial charge in [0.15, 0.2) is 11.4 Å². The third-order valence-corrected chi connectivity index (χ3v) is 3.86. The minimum absolute atomic E-state index is 0.0479. The van der Waals surface area contributed by atoms with Crippen molar-refractivity contribution < 1.29 is 14.6 Å². The predicted molar refractivity (Wildman–Crippen MR) is 88.7 cm³/mol. The summed E-state index contributed by atoms with van der Waals surface area (Å²) in [5, 5.41) is 11.7. The summed E-state index contributed by atoms with van der Waals surface area (Å²) in [6.45, 7) is 1.82. The Morgan fingerprint density at radius 2 is 1.83 bits per heavy atom. The van der Waals surface area contributed by atoms with Gasteiger partial charge in [0.05, 0.1) is 7.11 Å². The van der Waals surface area contributed by atoms with Crippen molar-refractivity contribution in [3.63, 3.8) is 0 Å². The first-order valence-electron chi connectivity index (χ1n) is 7.34. The van der Waals surface area contributed by atoms with Gasteiger partial charge in [-0.2, -0.15) is 0 Å². The molecule has 4 heteroatoms. The number of esters is 1. The first-order valence-corrected chi connectivity index (χ1v) is 7.34. The van der Waals surface area contributed by atoms with Crippen LogP contribution in [0, 0.1) is 6.92 Å². The molecular formula is C19H17NO3. The van der Waals surface area contributed by atoms with Crippen molar-refractivity contribution in [2.24, 2.45) is 0 Å². The van der Waals surface area contributed by atoms with Crippen molar-refractivity contribution in [3.8, 4) is 5.75 Å². The van der Waals surface area contributed by atoms with Gasteiger partial charge in [0, 0.05) is 16.5 Å². The van der Waals surface area contributed by atoms with Crippen LogP contribution in [0.3, 0.4) is 0 Å². The Hall–Kier alpha value is -2.88. The second-order valence-electron chi connectivity index (χ2n) is 5.43. The maximum atomic E-state index is 11.7. The van der Waals surface area contributed by atoms with E-state index in [-0.39, 0.29) is 11.4 Å². The number of carbonyl (C=O) groups excluding carboxylic acids is 1. The summed E-state index contributed by atoms with van der Waals surface area (Å²) in [5.74, 6) is -0.774. The van der Waals surface area contributed by atoms with Gasteiger partial charge >= 0.3 is 5.97 Å². The fourth-order valence-electron chi connectivity index (χ4n) is 2.69. The highest BCUT2D eigenvalue weighted by Gasteiger charge is 2.18. The molecule has 23 heavy (non-hydrogen) atoms. The molecule has 1 heterocycles. The zero-order valence-electron chi connectivity index (χ0n) is 13.0. The SMILES string of the molecule is COC(=O)c1nc(C)c2cc(Cc3ccccc3)ccc2c1O. The van der Waals surface area contributed by atoms with E-state index < -0.39 is 5.97 Å². The van der Waals surface area contributed by atoms with Crippen LogP contribution in [0.1, 0.15) is 27.3 Å². The molecule has 3 aromatic rings. The number of carbonyl (C=O) groups is 1. The fourth-order valence-corrected chi connectivity index (χ4v) is 2.69. The molecule has 0 spiro atoms. The summed E-state index contributed by atoms with van der Waals surface area (Å²) in [6, 6.07) is 15.9. The number of ether oxygens (including phenoxy) is 1. The average Bonchev–Trinajstić information content (AvgIpc) is 2.58. The van der Waals surface area contributed by atoms with Gasteiger partial charge in [0.1, 0.15) is 0 Å². The lowest BCUT2D eigenvalue weighted by atomic mass is 10.00. The van der Waals surface area contributed by atoms with Crippen molar-refractivity contribution in [1.82, 2.24) is 4.98 Å². The molecule has 1 aromatic heterocycles. The maximum absolute atomic E-state index is 11.7. The van der Waals surface area contributed by atoms with Crippen LogP contribution in [0.2, 0.25) is 0 Å². The Labute approximate surface area is 134 Å². The van der Waals surface area contributed by atoms with E-state index in [4.69, 9.17) is 0 Å². The molecule has 4 nitrogen and oxygen atoms in total. The third-order valence-electron chi connectivity index (χ3n) is 3.86. The van der Waals surface area contributed by atoms with Crippen LogP contribution in [-0.4, -0.2) is 23.2 Å². The van der Waals surface area contributed by atoms with E-state index in [1.54, 1.807) is 0 Å². The summed E-state index contributed by atoms with van der Waals surface area (Å²) < 4.78 is 4.66. The molecule has 0 aliphatic heterocycles. The molecule has 0 fully saturated rings. The number of nitrogens with zero attached hydrogens (tertiary/aromatic N) is 1. The largest absolute Gasteiger partial charge is 0.505 e. The molecule has 0 bridgehead atoms. The lowest BCUT2D eigenvalue weighted by molar-refractivity contribution is 0.0590. The molecule has 0 saturated heterocycles. The molecule has 3 rings (SSSR count). The van der Waals surface area contributed by atoms with Crippen LogP contribution >= 0.6 is 0 Å². The monoisotopic (exact) mass is 307 g/mol. The molecular weight excluding hydrogens is 290 g/mol. The van der Waals surface area contributed by atoms with Gasteiger partial charge in [-0.1, -0.05) is 42.5 Å². The number of hydrogen-bond acceptors (Lipinski definition) is 4. The lowest BCUT2D eigenvalue weighted by Gasteiger charge is -2.10. The minimum atomic E-state index is -0.638. The van der Waals surface area contributed by atoms with Crippen LogP contribution in [0.5, 0.6) is 5.75 Å². The molecule has 0 aliphatic carbocycles. The maximum Gasteiger partial charge on any atom is 0.360 e. The van der Waals surface area contributed by atoms with E-state index in [0.717, 1.165) is 17.4 Å². The molecule has 2 aromatic carbocycles. The number of fused-ring (bicyclic) bond motifs is 1. The Morgan fingerprint density at radius 3 is 2.52 bits per heavy atom. The number of hydrogen-bond donors (Lipinski definition) is 1. The molecule has 116 valence electrons. The van der Waals surface area contributed by atoms with Gasteiger partial charge < -0.3 is 9.84 Å². The molecule has 0 radical (unpaired) electrons. The molecule has 0 aliphatic rings. The van der Waals surface area contributed by atoms with E-state index in [0.29, 0.717) is 11.1 Å². The number of aromatic nitrogens is 1. The lowest BCUT2D eigenvalue weighted by Crippen LogP contribution is -2.06. The number of pyridine rings is 1. The van der Waals surface area contributed by atoms with Crippen LogP contribution in [0.25, 0.3) is 10.8 Å². The quantitative estimate of drug-likeness (QED) is 0.751. The zero-order chi connectivity index (χ0) is 16.4.